The fraction of sp³-hybridized carbons (Fsp3) is 0.286. The molecule has 1 fully saturated rings. The third-order valence-electron chi connectivity index (χ3n) is 5.14. The van der Waals surface area contributed by atoms with Crippen molar-refractivity contribution in [1.29, 1.82) is 0 Å². The van der Waals surface area contributed by atoms with Crippen LogP contribution in [0.4, 0.5) is 5.69 Å². The van der Waals surface area contributed by atoms with E-state index in [1.54, 1.807) is 0 Å². The Morgan fingerprint density at radius 1 is 1.11 bits per heavy atom. The first kappa shape index (κ1) is 18.7. The molecule has 28 heavy (non-hydrogen) atoms. The number of anilines is 1. The van der Waals surface area contributed by atoms with Crippen LogP contribution in [0.3, 0.4) is 0 Å². The predicted molar refractivity (Wildman–Crippen MR) is 115 cm³/mol. The van der Waals surface area contributed by atoms with Crippen LogP contribution in [0.5, 0.6) is 0 Å². The Morgan fingerprint density at radius 2 is 1.82 bits per heavy atom. The Balaban J connectivity index is 1.58. The highest BCUT2D eigenvalue weighted by Crippen LogP contribution is 2.33. The second-order valence-electron chi connectivity index (χ2n) is 7.07. The van der Waals surface area contributed by atoms with Crippen molar-refractivity contribution in [2.75, 3.05) is 18.4 Å². The largest absolute Gasteiger partial charge is 0.361 e. The fourth-order valence-electron chi connectivity index (χ4n) is 3.69. The van der Waals surface area contributed by atoms with Crippen molar-refractivity contribution in [2.24, 2.45) is 16.2 Å². The van der Waals surface area contributed by atoms with Crippen molar-refractivity contribution in [3.63, 3.8) is 0 Å². The lowest BCUT2D eigenvalue weighted by Crippen LogP contribution is -2.27. The summed E-state index contributed by atoms with van der Waals surface area (Å²) in [5.41, 5.74) is 4.97. The van der Waals surface area contributed by atoms with E-state index in [-0.39, 0.29) is 12.1 Å². The van der Waals surface area contributed by atoms with Gasteiger partial charge in [-0.3, -0.25) is 4.79 Å². The molecule has 2 aromatic carbocycles. The van der Waals surface area contributed by atoms with Crippen molar-refractivity contribution in [3.05, 3.63) is 58.1 Å². The lowest BCUT2D eigenvalue weighted by Gasteiger charge is -2.16. The number of likely N-dealkylation sites (tertiary alicyclic amines) is 1. The first-order valence-electron chi connectivity index (χ1n) is 9.40. The molecule has 3 N–H and O–H groups in total. The zero-order valence-electron chi connectivity index (χ0n) is 15.4. The van der Waals surface area contributed by atoms with Gasteiger partial charge >= 0.3 is 0 Å². The molecule has 0 aromatic heterocycles. The summed E-state index contributed by atoms with van der Waals surface area (Å²) < 4.78 is 1.03. The smallest absolute Gasteiger partial charge is 0.253 e. The van der Waals surface area contributed by atoms with Crippen LogP contribution in [-0.2, 0) is 0 Å². The highest BCUT2D eigenvalue weighted by atomic mass is 79.9. The summed E-state index contributed by atoms with van der Waals surface area (Å²) >= 11 is 3.59. The van der Waals surface area contributed by atoms with Gasteiger partial charge < -0.3 is 16.1 Å². The molecule has 1 unspecified atom stereocenters. The van der Waals surface area contributed by atoms with Crippen LogP contribution in [0.1, 0.15) is 35.2 Å². The zero-order valence-corrected chi connectivity index (χ0v) is 17.0. The highest BCUT2D eigenvalue weighted by Gasteiger charge is 2.19. The molecular formula is C21H22BrN5O. The van der Waals surface area contributed by atoms with E-state index in [9.17, 15) is 4.79 Å². The average Bonchev–Trinajstić information content (AvgIpc) is 3.18. The van der Waals surface area contributed by atoms with E-state index in [0.717, 1.165) is 58.4 Å². The molecule has 0 aliphatic carbocycles. The zero-order chi connectivity index (χ0) is 19.5. The van der Waals surface area contributed by atoms with Gasteiger partial charge in [0.05, 0.1) is 0 Å². The lowest BCUT2D eigenvalue weighted by atomic mass is 10.00. The minimum Gasteiger partial charge on any atom is -0.361 e. The highest BCUT2D eigenvalue weighted by molar-refractivity contribution is 9.11. The molecule has 0 spiro atoms. The summed E-state index contributed by atoms with van der Waals surface area (Å²) in [4.78, 5) is 14.5. The molecule has 6 nitrogen and oxygen atoms in total. The van der Waals surface area contributed by atoms with Crippen molar-refractivity contribution in [1.82, 2.24) is 4.90 Å². The van der Waals surface area contributed by atoms with E-state index in [2.05, 4.69) is 49.8 Å². The van der Waals surface area contributed by atoms with E-state index in [4.69, 9.17) is 5.84 Å². The molecule has 4 rings (SSSR count). The van der Waals surface area contributed by atoms with Crippen LogP contribution >= 0.6 is 15.9 Å². The summed E-state index contributed by atoms with van der Waals surface area (Å²) in [5, 5.41) is 10.8. The number of rotatable bonds is 3. The normalized spacial score (nSPS) is 19.1. The van der Waals surface area contributed by atoms with E-state index in [0.29, 0.717) is 6.42 Å². The molecule has 0 saturated carbocycles. The number of fused-ring (bicyclic) bond motifs is 1. The summed E-state index contributed by atoms with van der Waals surface area (Å²) in [6, 6.07) is 14.1. The van der Waals surface area contributed by atoms with Crippen molar-refractivity contribution in [3.8, 4) is 11.1 Å². The molecule has 1 saturated heterocycles. The van der Waals surface area contributed by atoms with Crippen molar-refractivity contribution >= 4 is 33.6 Å². The van der Waals surface area contributed by atoms with Gasteiger partial charge in [0.15, 0.2) is 0 Å². The Morgan fingerprint density at radius 3 is 2.54 bits per heavy atom. The Hall–Kier alpha value is -2.67. The Labute approximate surface area is 172 Å². The number of hydrogen-bond acceptors (Lipinski definition) is 4. The lowest BCUT2D eigenvalue weighted by molar-refractivity contribution is 0.0793. The van der Waals surface area contributed by atoms with Crippen LogP contribution in [0.2, 0.25) is 0 Å². The molecule has 0 bridgehead atoms. The number of hydrogen-bond donors (Lipinski definition) is 2. The molecule has 2 heterocycles. The minimum absolute atomic E-state index is 0.127. The molecule has 0 radical (unpaired) electrons. The molecule has 1 atom stereocenters. The number of carbonyl (C=O) groups is 1. The van der Waals surface area contributed by atoms with Crippen LogP contribution < -0.4 is 11.2 Å². The van der Waals surface area contributed by atoms with Crippen molar-refractivity contribution < 1.29 is 4.79 Å². The van der Waals surface area contributed by atoms with Gasteiger partial charge in [-0.2, -0.15) is 0 Å². The molecular weight excluding hydrogens is 418 g/mol. The first-order chi connectivity index (χ1) is 13.6. The number of nitrogens with zero attached hydrogens (tertiary/aromatic N) is 3. The summed E-state index contributed by atoms with van der Waals surface area (Å²) in [6.45, 7) is 1.73. The number of halogens is 1. The maximum Gasteiger partial charge on any atom is 0.253 e. The number of benzene rings is 2. The number of amides is 1. The number of nitrogens with one attached hydrogen (secondary N) is 1. The van der Waals surface area contributed by atoms with Crippen LogP contribution in [0, 0.1) is 0 Å². The minimum atomic E-state index is -0.196. The first-order valence-corrected chi connectivity index (χ1v) is 10.2. The molecule has 2 aliphatic rings. The molecule has 1 amide bonds. The van der Waals surface area contributed by atoms with E-state index >= 15 is 0 Å². The third kappa shape index (κ3) is 3.94. The summed E-state index contributed by atoms with van der Waals surface area (Å²) in [5.74, 6) is 5.33. The Kier molecular flexibility index (Phi) is 5.43. The van der Waals surface area contributed by atoms with Gasteiger partial charge in [-0.15, -0.1) is 5.11 Å². The van der Waals surface area contributed by atoms with E-state index < -0.39 is 0 Å². The summed E-state index contributed by atoms with van der Waals surface area (Å²) in [7, 11) is 0. The van der Waals surface area contributed by atoms with Crippen molar-refractivity contribution in [2.45, 2.75) is 25.4 Å². The van der Waals surface area contributed by atoms with Gasteiger partial charge in [0.1, 0.15) is 6.17 Å². The topological polar surface area (TPSA) is 83.1 Å². The van der Waals surface area contributed by atoms with Gasteiger partial charge in [0, 0.05) is 30.8 Å². The summed E-state index contributed by atoms with van der Waals surface area (Å²) in [6.07, 6.45) is 4.77. The van der Waals surface area contributed by atoms with Gasteiger partial charge in [-0.1, -0.05) is 39.4 Å². The third-order valence-corrected chi connectivity index (χ3v) is 5.69. The van der Waals surface area contributed by atoms with E-state index in [1.807, 2.05) is 35.2 Å². The monoisotopic (exact) mass is 439 g/mol. The second-order valence-corrected chi connectivity index (χ2v) is 8.08. The second kappa shape index (κ2) is 8.14. The van der Waals surface area contributed by atoms with Gasteiger partial charge in [0.2, 0.25) is 0 Å². The maximum atomic E-state index is 12.5. The number of carbonyl (C=O) groups excluding carboxylic acids is 1. The number of nitrogens with two attached hydrogens (primary N) is 1. The van der Waals surface area contributed by atoms with Gasteiger partial charge in [-0.25, -0.2) is 0 Å². The average molecular weight is 440 g/mol. The standard InChI is InChI=1S/C21H22BrN5O/c22-18-12-17-11-16(7-8-19(17)24-20(13-18)25-26-23)14-3-5-15(6-4-14)21(28)27-9-1-2-10-27/h3-8,11-12,20,24H,1-2,9-10,13H2,(H2,23,25). The van der Waals surface area contributed by atoms with Crippen LogP contribution in [0.25, 0.3) is 17.2 Å². The molecule has 7 heteroatoms. The van der Waals surface area contributed by atoms with Gasteiger partial charge in [-0.05, 0) is 64.4 Å². The molecule has 144 valence electrons. The van der Waals surface area contributed by atoms with Crippen LogP contribution in [0.15, 0.2) is 57.3 Å². The maximum absolute atomic E-state index is 12.5. The Bertz CT molecular complexity index is 932. The van der Waals surface area contributed by atoms with E-state index in [1.165, 1.54) is 0 Å². The fourth-order valence-corrected chi connectivity index (χ4v) is 4.25. The van der Waals surface area contributed by atoms with Gasteiger partial charge in [0.25, 0.3) is 5.91 Å². The molecule has 2 aromatic rings. The van der Waals surface area contributed by atoms with Crippen LogP contribution in [-0.4, -0.2) is 30.1 Å². The molecule has 2 aliphatic heterocycles. The SMILES string of the molecule is NN=NC1CC(Br)=Cc2cc(-c3ccc(C(=O)N4CCCC4)cc3)ccc2N1. The quantitative estimate of drug-likeness (QED) is 0.409. The predicted octanol–water partition coefficient (Wildman–Crippen LogP) is 4.79.